The van der Waals surface area contributed by atoms with E-state index < -0.39 is 57.3 Å². The Balaban J connectivity index is 1.68. The van der Waals surface area contributed by atoms with E-state index in [0.29, 0.717) is 25.7 Å². The van der Waals surface area contributed by atoms with E-state index in [1.807, 2.05) is 0 Å². The first-order valence-electron chi connectivity index (χ1n) is 9.21. The van der Waals surface area contributed by atoms with Crippen molar-refractivity contribution in [3.63, 3.8) is 0 Å². The van der Waals surface area contributed by atoms with Crippen LogP contribution in [0.15, 0.2) is 0 Å². The molecule has 4 aliphatic rings. The van der Waals surface area contributed by atoms with Crippen molar-refractivity contribution in [2.45, 2.75) is 68.6 Å². The van der Waals surface area contributed by atoms with Crippen LogP contribution in [0.2, 0.25) is 0 Å². The molecule has 4 rings (SSSR count). The molecule has 0 aliphatic heterocycles. The molecule has 4 bridgehead atoms. The third-order valence-corrected chi connectivity index (χ3v) is 7.15. The molecule has 2 atom stereocenters. The average molecular weight is 446 g/mol. The Kier molecular flexibility index (Phi) is 5.21. The minimum absolute atomic E-state index is 0.105. The first-order valence-corrected chi connectivity index (χ1v) is 10.6. The van der Waals surface area contributed by atoms with Gasteiger partial charge in [-0.05, 0) is 43.9 Å². The molecule has 166 valence electrons. The van der Waals surface area contributed by atoms with Crippen molar-refractivity contribution in [2.24, 2.45) is 17.3 Å². The van der Waals surface area contributed by atoms with Crippen molar-refractivity contribution in [2.75, 3.05) is 6.61 Å². The molecule has 29 heavy (non-hydrogen) atoms. The van der Waals surface area contributed by atoms with Crippen LogP contribution in [0.5, 0.6) is 0 Å². The van der Waals surface area contributed by atoms with Crippen LogP contribution in [0.3, 0.4) is 0 Å². The third kappa shape index (κ3) is 3.85. The summed E-state index contributed by atoms with van der Waals surface area (Å²) in [7, 11) is -6.34. The van der Waals surface area contributed by atoms with Gasteiger partial charge in [0.15, 0.2) is 0 Å². The van der Waals surface area contributed by atoms with E-state index in [1.54, 1.807) is 0 Å². The van der Waals surface area contributed by atoms with E-state index in [0.717, 1.165) is 6.42 Å². The van der Waals surface area contributed by atoms with E-state index in [4.69, 9.17) is 14.0 Å². The second-order valence-corrected chi connectivity index (χ2v) is 10.1. The van der Waals surface area contributed by atoms with Gasteiger partial charge in [-0.3, -0.25) is 14.1 Å². The topological polar surface area (TPSA) is 107 Å². The van der Waals surface area contributed by atoms with Gasteiger partial charge in [0.2, 0.25) is 0 Å². The quantitative estimate of drug-likeness (QED) is 0.364. The normalized spacial score (nSPS) is 34.1. The van der Waals surface area contributed by atoms with Crippen LogP contribution < -0.4 is 0 Å². The Hall–Kier alpha value is -1.43. The van der Waals surface area contributed by atoms with Gasteiger partial charge in [-0.25, -0.2) is 0 Å². The summed E-state index contributed by atoms with van der Waals surface area (Å²) in [5, 5.41) is -5.70. The Morgan fingerprint density at radius 1 is 1.10 bits per heavy atom. The van der Waals surface area contributed by atoms with Crippen molar-refractivity contribution in [3.8, 4) is 0 Å². The van der Waals surface area contributed by atoms with Crippen LogP contribution in [-0.2, 0) is 29.2 Å². The van der Waals surface area contributed by atoms with E-state index in [2.05, 4.69) is 0 Å². The lowest BCUT2D eigenvalue weighted by molar-refractivity contribution is -0.214. The van der Waals surface area contributed by atoms with Crippen LogP contribution >= 0.6 is 0 Å². The molecule has 0 aromatic rings. The highest BCUT2D eigenvalue weighted by molar-refractivity contribution is 7.87. The minimum atomic E-state index is -6.34. The summed E-state index contributed by atoms with van der Waals surface area (Å²) in [6.07, 6.45) is 1.35. The number of esters is 2. The second-order valence-electron chi connectivity index (χ2n) is 8.60. The molecule has 0 spiro atoms. The summed E-state index contributed by atoms with van der Waals surface area (Å²) in [5.74, 6) is -6.24. The van der Waals surface area contributed by atoms with Crippen LogP contribution in [0, 0.1) is 17.3 Å². The molecule has 0 saturated heterocycles. The molecule has 12 heteroatoms. The third-order valence-electron chi connectivity index (χ3n) is 6.20. The minimum Gasteiger partial charge on any atom is -0.465 e. The molecule has 2 unspecified atom stereocenters. The molecular weight excluding hydrogens is 424 g/mol. The molecule has 4 aliphatic carbocycles. The molecule has 1 N–H and O–H groups in total. The summed E-state index contributed by atoms with van der Waals surface area (Å²) in [6, 6.07) is 0. The van der Waals surface area contributed by atoms with Gasteiger partial charge in [0.05, 0.1) is 18.4 Å². The maximum atomic E-state index is 13.6. The van der Waals surface area contributed by atoms with E-state index in [1.165, 1.54) is 6.92 Å². The SMILES string of the molecule is CC(=O)OC12CC3CC(C1)CC(C(=O)OCCC(F)(F)C(F)(F)S(=O)(=O)O)(C3)C2. The molecule has 0 aromatic heterocycles. The fourth-order valence-electron chi connectivity index (χ4n) is 5.60. The zero-order valence-corrected chi connectivity index (χ0v) is 16.4. The second kappa shape index (κ2) is 6.79. The molecule has 0 heterocycles. The first kappa shape index (κ1) is 22.3. The average Bonchev–Trinajstić information content (AvgIpc) is 2.50. The molecule has 0 radical (unpaired) electrons. The number of hydrogen-bond donors (Lipinski definition) is 1. The molecule has 7 nitrogen and oxygen atoms in total. The number of halogens is 4. The maximum Gasteiger partial charge on any atom is 0.431 e. The van der Waals surface area contributed by atoms with Gasteiger partial charge in [-0.15, -0.1) is 0 Å². The first-order chi connectivity index (χ1) is 13.1. The van der Waals surface area contributed by atoms with Crippen molar-refractivity contribution >= 4 is 22.1 Å². The fourth-order valence-corrected chi connectivity index (χ4v) is 6.08. The number of rotatable bonds is 7. The van der Waals surface area contributed by atoms with Crippen molar-refractivity contribution < 1.29 is 49.6 Å². The molecule has 4 fully saturated rings. The Labute approximate surface area is 164 Å². The summed E-state index contributed by atoms with van der Waals surface area (Å²) >= 11 is 0. The van der Waals surface area contributed by atoms with Gasteiger partial charge in [0.1, 0.15) is 5.60 Å². The lowest BCUT2D eigenvalue weighted by Crippen LogP contribution is -2.60. The highest BCUT2D eigenvalue weighted by atomic mass is 32.2. The molecule has 0 amide bonds. The number of carbonyl (C=O) groups is 2. The van der Waals surface area contributed by atoms with Crippen molar-refractivity contribution in [3.05, 3.63) is 0 Å². The van der Waals surface area contributed by atoms with Gasteiger partial charge in [0, 0.05) is 13.3 Å². The standard InChI is InChI=1S/C17H22F4O7S/c1-10(22)28-15-7-11-4-12(8-15)6-14(5-11,9-15)13(23)27-3-2-16(18,19)17(20,21)29(24,25)26/h11-12H,2-9H2,1H3,(H,24,25,26). The van der Waals surface area contributed by atoms with Gasteiger partial charge in [-0.1, -0.05) is 0 Å². The fraction of sp³-hybridized carbons (Fsp3) is 0.882. The maximum absolute atomic E-state index is 13.6. The lowest BCUT2D eigenvalue weighted by Gasteiger charge is -2.59. The monoisotopic (exact) mass is 446 g/mol. The lowest BCUT2D eigenvalue weighted by atomic mass is 9.48. The zero-order valence-electron chi connectivity index (χ0n) is 15.6. The summed E-state index contributed by atoms with van der Waals surface area (Å²) in [4.78, 5) is 24.2. The van der Waals surface area contributed by atoms with E-state index in [-0.39, 0.29) is 18.3 Å². The molecular formula is C17H22F4O7S. The highest BCUT2D eigenvalue weighted by Gasteiger charge is 2.66. The number of carbonyl (C=O) groups excluding carboxylic acids is 2. The number of alkyl halides is 4. The Morgan fingerprint density at radius 3 is 2.14 bits per heavy atom. The summed E-state index contributed by atoms with van der Waals surface area (Å²) in [6.45, 7) is 0.121. The van der Waals surface area contributed by atoms with Crippen LogP contribution in [-0.4, -0.2) is 48.3 Å². The van der Waals surface area contributed by atoms with Gasteiger partial charge in [-0.2, -0.15) is 26.0 Å². The smallest absolute Gasteiger partial charge is 0.431 e. The van der Waals surface area contributed by atoms with Crippen LogP contribution in [0.25, 0.3) is 0 Å². The predicted molar refractivity (Wildman–Crippen MR) is 88.6 cm³/mol. The van der Waals surface area contributed by atoms with E-state index in [9.17, 15) is 35.6 Å². The summed E-state index contributed by atoms with van der Waals surface area (Å²) < 4.78 is 93.4. The van der Waals surface area contributed by atoms with Gasteiger partial charge in [0.25, 0.3) is 0 Å². The number of hydrogen-bond acceptors (Lipinski definition) is 6. The van der Waals surface area contributed by atoms with Gasteiger partial charge >= 0.3 is 33.2 Å². The largest absolute Gasteiger partial charge is 0.465 e. The van der Waals surface area contributed by atoms with Crippen molar-refractivity contribution in [1.82, 2.24) is 0 Å². The van der Waals surface area contributed by atoms with Crippen LogP contribution in [0.4, 0.5) is 17.6 Å². The highest BCUT2D eigenvalue weighted by Crippen LogP contribution is 2.63. The predicted octanol–water partition coefficient (Wildman–Crippen LogP) is 2.94. The van der Waals surface area contributed by atoms with Crippen LogP contribution in [0.1, 0.15) is 51.9 Å². The molecule has 0 aromatic carbocycles. The Morgan fingerprint density at radius 2 is 1.66 bits per heavy atom. The molecule has 4 saturated carbocycles. The zero-order chi connectivity index (χ0) is 21.9. The van der Waals surface area contributed by atoms with Crippen molar-refractivity contribution in [1.29, 1.82) is 0 Å². The van der Waals surface area contributed by atoms with Gasteiger partial charge < -0.3 is 9.47 Å². The summed E-state index contributed by atoms with van der Waals surface area (Å²) in [5.41, 5.74) is -1.85. The number of ether oxygens (including phenoxy) is 2. The van der Waals surface area contributed by atoms with E-state index >= 15 is 0 Å². The Bertz CT molecular complexity index is 797.